The number of esters is 1. The highest BCUT2D eigenvalue weighted by molar-refractivity contribution is 6.35. The number of carbonyl (C=O) groups excluding carboxylic acids is 1. The summed E-state index contributed by atoms with van der Waals surface area (Å²) in [6, 6.07) is 4.74. The molecular weight excluding hydrogens is 396 g/mol. The molecule has 0 atom stereocenters. The van der Waals surface area contributed by atoms with Crippen LogP contribution in [0.5, 0.6) is 0 Å². The van der Waals surface area contributed by atoms with Crippen molar-refractivity contribution >= 4 is 41.2 Å². The number of hydrogen-bond donors (Lipinski definition) is 0. The minimum atomic E-state index is -4.61. The molecule has 0 N–H and O–H groups in total. The van der Waals surface area contributed by atoms with Gasteiger partial charge in [-0.3, -0.25) is 9.58 Å². The molecule has 1 aromatic heterocycles. The highest BCUT2D eigenvalue weighted by Gasteiger charge is 2.39. The van der Waals surface area contributed by atoms with Crippen molar-refractivity contribution in [3.63, 3.8) is 0 Å². The van der Waals surface area contributed by atoms with Gasteiger partial charge in [-0.25, -0.2) is 9.79 Å². The number of hydrogen-bond acceptors (Lipinski definition) is 5. The van der Waals surface area contributed by atoms with E-state index in [1.807, 2.05) is 0 Å². The van der Waals surface area contributed by atoms with Gasteiger partial charge in [0.1, 0.15) is 5.69 Å². The second-order valence-electron chi connectivity index (χ2n) is 5.37. The molecule has 0 amide bonds. The SMILES string of the molecule is COC(=O)c1nn(Cc2ccc(Cl)cc2Cl)c2c1N=CN(C(F)(F)F)C2. The largest absolute Gasteiger partial charge is 0.486 e. The molecular formula is C15H11Cl2F3N4O2. The van der Waals surface area contributed by atoms with Crippen LogP contribution >= 0.6 is 23.2 Å². The van der Waals surface area contributed by atoms with Gasteiger partial charge in [-0.1, -0.05) is 29.3 Å². The molecule has 1 aliphatic rings. The number of ether oxygens (including phenoxy) is 1. The lowest BCUT2D eigenvalue weighted by Crippen LogP contribution is -2.38. The van der Waals surface area contributed by atoms with Crippen molar-refractivity contribution in [3.05, 3.63) is 45.2 Å². The molecule has 0 fully saturated rings. The van der Waals surface area contributed by atoms with E-state index in [0.29, 0.717) is 21.9 Å². The molecule has 1 aromatic carbocycles. The van der Waals surface area contributed by atoms with Gasteiger partial charge in [0.25, 0.3) is 0 Å². The van der Waals surface area contributed by atoms with Crippen molar-refractivity contribution in [3.8, 4) is 0 Å². The molecule has 26 heavy (non-hydrogen) atoms. The Labute approximate surface area is 155 Å². The van der Waals surface area contributed by atoms with E-state index in [4.69, 9.17) is 23.2 Å². The van der Waals surface area contributed by atoms with E-state index in [2.05, 4.69) is 14.8 Å². The lowest BCUT2D eigenvalue weighted by atomic mass is 10.2. The summed E-state index contributed by atoms with van der Waals surface area (Å²) in [7, 11) is 1.15. The summed E-state index contributed by atoms with van der Waals surface area (Å²) >= 11 is 12.0. The number of aliphatic imine (C=N–C) groups is 1. The summed E-state index contributed by atoms with van der Waals surface area (Å²) in [6.45, 7) is -0.506. The van der Waals surface area contributed by atoms with Crippen LogP contribution in [0, 0.1) is 0 Å². The number of fused-ring (bicyclic) bond motifs is 1. The Morgan fingerprint density at radius 3 is 2.69 bits per heavy atom. The number of carbonyl (C=O) groups is 1. The Morgan fingerprint density at radius 2 is 2.08 bits per heavy atom. The maximum absolute atomic E-state index is 13.0. The first kappa shape index (κ1) is 18.5. The molecule has 0 spiro atoms. The lowest BCUT2D eigenvalue weighted by Gasteiger charge is -2.25. The topological polar surface area (TPSA) is 59.7 Å². The Hall–Kier alpha value is -2.26. The molecule has 0 radical (unpaired) electrons. The van der Waals surface area contributed by atoms with Crippen molar-refractivity contribution in [2.24, 2.45) is 4.99 Å². The number of benzene rings is 1. The molecule has 6 nitrogen and oxygen atoms in total. The van der Waals surface area contributed by atoms with Crippen molar-refractivity contribution in [1.82, 2.24) is 14.7 Å². The Morgan fingerprint density at radius 1 is 1.35 bits per heavy atom. The minimum absolute atomic E-state index is 0.0382. The first-order valence-corrected chi connectivity index (χ1v) is 7.96. The summed E-state index contributed by atoms with van der Waals surface area (Å²) in [6.07, 6.45) is -3.99. The number of rotatable bonds is 3. The number of aromatic nitrogens is 2. The van der Waals surface area contributed by atoms with Crippen LogP contribution in [0.15, 0.2) is 23.2 Å². The van der Waals surface area contributed by atoms with Crippen LogP contribution in [0.1, 0.15) is 21.7 Å². The summed E-state index contributed by atoms with van der Waals surface area (Å²) < 4.78 is 44.9. The first-order chi connectivity index (χ1) is 12.2. The molecule has 2 aromatic rings. The van der Waals surface area contributed by atoms with Crippen LogP contribution in [0.3, 0.4) is 0 Å². The second-order valence-corrected chi connectivity index (χ2v) is 6.21. The molecule has 138 valence electrons. The van der Waals surface area contributed by atoms with Crippen molar-refractivity contribution < 1.29 is 22.7 Å². The molecule has 0 saturated heterocycles. The molecule has 0 aliphatic carbocycles. The summed E-state index contributed by atoms with van der Waals surface area (Å²) in [5, 5.41) is 4.83. The van der Waals surface area contributed by atoms with Gasteiger partial charge in [-0.05, 0) is 17.7 Å². The van der Waals surface area contributed by atoms with Crippen LogP contribution < -0.4 is 0 Å². The minimum Gasteiger partial charge on any atom is -0.464 e. The van der Waals surface area contributed by atoms with Gasteiger partial charge in [0, 0.05) is 10.0 Å². The fourth-order valence-corrected chi connectivity index (χ4v) is 2.91. The van der Waals surface area contributed by atoms with E-state index >= 15 is 0 Å². The van der Waals surface area contributed by atoms with Gasteiger partial charge in [-0.2, -0.15) is 18.3 Å². The van der Waals surface area contributed by atoms with Gasteiger partial charge in [0.05, 0.1) is 32.2 Å². The van der Waals surface area contributed by atoms with Crippen LogP contribution in [-0.2, 0) is 17.8 Å². The molecule has 0 bridgehead atoms. The summed E-state index contributed by atoms with van der Waals surface area (Å²) in [5.74, 6) is -0.792. The zero-order valence-corrected chi connectivity index (χ0v) is 14.7. The zero-order valence-electron chi connectivity index (χ0n) is 13.2. The summed E-state index contributed by atoms with van der Waals surface area (Å²) in [5.41, 5.74) is 0.579. The highest BCUT2D eigenvalue weighted by atomic mass is 35.5. The maximum atomic E-state index is 13.0. The zero-order chi connectivity index (χ0) is 19.1. The average molecular weight is 407 g/mol. The Balaban J connectivity index is 2.04. The van der Waals surface area contributed by atoms with Gasteiger partial charge in [0.15, 0.2) is 5.69 Å². The molecule has 3 rings (SSSR count). The predicted octanol–water partition coefficient (Wildman–Crippen LogP) is 4.02. The van der Waals surface area contributed by atoms with E-state index < -0.39 is 18.8 Å². The summed E-state index contributed by atoms with van der Waals surface area (Å²) in [4.78, 5) is 15.7. The standard InChI is InChI=1S/C15H11Cl2F3N4O2/c1-26-14(25)13-12-11(6-23(7-21-12)15(18,19)20)24(22-13)5-8-2-3-9(16)4-10(8)17/h2-4,7H,5-6H2,1H3. The molecule has 11 heteroatoms. The van der Waals surface area contributed by atoms with Crippen LogP contribution in [-0.4, -0.2) is 40.4 Å². The molecule has 1 aliphatic heterocycles. The number of methoxy groups -OCH3 is 1. The molecule has 2 heterocycles. The fourth-order valence-electron chi connectivity index (χ4n) is 2.44. The van der Waals surface area contributed by atoms with E-state index in [9.17, 15) is 18.0 Å². The third-order valence-electron chi connectivity index (χ3n) is 3.72. The normalized spacial score (nSPS) is 13.7. The first-order valence-electron chi connectivity index (χ1n) is 7.20. The van der Waals surface area contributed by atoms with E-state index in [1.165, 1.54) is 10.7 Å². The predicted molar refractivity (Wildman–Crippen MR) is 88.9 cm³/mol. The number of halogens is 5. The van der Waals surface area contributed by atoms with Crippen LogP contribution in [0.2, 0.25) is 10.0 Å². The van der Waals surface area contributed by atoms with Gasteiger partial charge in [0.2, 0.25) is 0 Å². The van der Waals surface area contributed by atoms with E-state index in [0.717, 1.165) is 7.11 Å². The third kappa shape index (κ3) is 3.49. The maximum Gasteiger partial charge on any atom is 0.486 e. The monoisotopic (exact) mass is 406 g/mol. The van der Waals surface area contributed by atoms with Crippen molar-refractivity contribution in [2.75, 3.05) is 7.11 Å². The van der Waals surface area contributed by atoms with E-state index in [-0.39, 0.29) is 28.5 Å². The highest BCUT2D eigenvalue weighted by Crippen LogP contribution is 2.34. The van der Waals surface area contributed by atoms with Crippen LogP contribution in [0.25, 0.3) is 0 Å². The third-order valence-corrected chi connectivity index (χ3v) is 4.30. The molecule has 0 saturated carbocycles. The number of nitrogens with zero attached hydrogens (tertiary/aromatic N) is 4. The quantitative estimate of drug-likeness (QED) is 0.570. The fraction of sp³-hybridized carbons (Fsp3) is 0.267. The smallest absolute Gasteiger partial charge is 0.464 e. The van der Waals surface area contributed by atoms with Gasteiger partial charge in [-0.15, -0.1) is 0 Å². The lowest BCUT2D eigenvalue weighted by molar-refractivity contribution is -0.219. The second kappa shape index (κ2) is 6.81. The van der Waals surface area contributed by atoms with E-state index in [1.54, 1.807) is 12.1 Å². The van der Waals surface area contributed by atoms with Gasteiger partial charge >= 0.3 is 12.3 Å². The van der Waals surface area contributed by atoms with Crippen molar-refractivity contribution in [1.29, 1.82) is 0 Å². The van der Waals surface area contributed by atoms with Crippen LogP contribution in [0.4, 0.5) is 18.9 Å². The Kier molecular flexibility index (Phi) is 4.85. The number of alkyl halides is 3. The molecule has 0 unspecified atom stereocenters. The van der Waals surface area contributed by atoms with Crippen molar-refractivity contribution in [2.45, 2.75) is 19.4 Å². The van der Waals surface area contributed by atoms with Gasteiger partial charge < -0.3 is 4.74 Å². The Bertz CT molecular complexity index is 896. The average Bonchev–Trinajstić information content (AvgIpc) is 2.94.